The molecule has 0 saturated carbocycles. The van der Waals surface area contributed by atoms with Crippen molar-refractivity contribution >= 4 is 17.6 Å². The highest BCUT2D eigenvalue weighted by molar-refractivity contribution is 6.04. The number of rotatable bonds is 7. The number of anilines is 1. The molecule has 0 radical (unpaired) electrons. The number of nitrogens with two attached hydrogens (primary N) is 1. The number of ether oxygens (including phenoxy) is 1. The van der Waals surface area contributed by atoms with Gasteiger partial charge in [-0.05, 0) is 31.2 Å². The molecule has 0 spiro atoms. The largest absolute Gasteiger partial charge is 0.465 e. The monoisotopic (exact) mass is 389 g/mol. The molecule has 29 heavy (non-hydrogen) atoms. The fourth-order valence-electron chi connectivity index (χ4n) is 3.24. The highest BCUT2D eigenvalue weighted by atomic mass is 16.5. The molecule has 0 aromatic heterocycles. The van der Waals surface area contributed by atoms with Crippen LogP contribution in [-0.2, 0) is 9.53 Å². The molecule has 3 aromatic carbocycles. The van der Waals surface area contributed by atoms with Crippen LogP contribution in [0.3, 0.4) is 0 Å². The van der Waals surface area contributed by atoms with Gasteiger partial charge in [-0.3, -0.25) is 4.79 Å². The van der Waals surface area contributed by atoms with E-state index >= 15 is 0 Å². The lowest BCUT2D eigenvalue weighted by molar-refractivity contribution is -0.677. The Balaban J connectivity index is 1.97. The molecule has 0 aliphatic heterocycles. The van der Waals surface area contributed by atoms with Crippen molar-refractivity contribution in [3.8, 4) is 0 Å². The van der Waals surface area contributed by atoms with Crippen LogP contribution in [0.1, 0.15) is 33.1 Å². The van der Waals surface area contributed by atoms with Gasteiger partial charge in [-0.15, -0.1) is 0 Å². The molecule has 0 aliphatic carbocycles. The summed E-state index contributed by atoms with van der Waals surface area (Å²) in [7, 11) is 1.38. The fraction of sp³-hybridized carbons (Fsp3) is 0.167. The van der Waals surface area contributed by atoms with Crippen molar-refractivity contribution in [2.75, 3.05) is 19.0 Å². The number of methoxy groups -OCH3 is 1. The maximum Gasteiger partial charge on any atom is 0.361 e. The van der Waals surface area contributed by atoms with E-state index in [2.05, 4.69) is 5.32 Å². The standard InChI is InChI=1S/C24H24N2O3/c1-17-13-14-21(26-24(28)19-11-7-4-8-12-19)20(15-17)23(25-16-22(27)29-2)18-9-5-3-6-10-18/h3-15,23,25H,16H2,1-2H3,(H,26,28)/p+1. The molecule has 3 N–H and O–H groups in total. The summed E-state index contributed by atoms with van der Waals surface area (Å²) in [6, 6.07) is 24.8. The van der Waals surface area contributed by atoms with E-state index in [4.69, 9.17) is 4.74 Å². The van der Waals surface area contributed by atoms with Crippen molar-refractivity contribution in [1.29, 1.82) is 0 Å². The topological polar surface area (TPSA) is 72.0 Å². The number of amides is 1. The lowest BCUT2D eigenvalue weighted by atomic mass is 9.95. The van der Waals surface area contributed by atoms with Gasteiger partial charge in [0.15, 0.2) is 6.54 Å². The lowest BCUT2D eigenvalue weighted by Gasteiger charge is -2.20. The molecule has 3 aromatic rings. The minimum Gasteiger partial charge on any atom is -0.465 e. The molecule has 0 fully saturated rings. The Labute approximate surface area is 170 Å². The molecule has 0 saturated heterocycles. The fourth-order valence-corrected chi connectivity index (χ4v) is 3.24. The Bertz CT molecular complexity index is 972. The summed E-state index contributed by atoms with van der Waals surface area (Å²) >= 11 is 0. The van der Waals surface area contributed by atoms with Crippen LogP contribution >= 0.6 is 0 Å². The van der Waals surface area contributed by atoms with Crippen LogP contribution in [0.4, 0.5) is 5.69 Å². The predicted molar refractivity (Wildman–Crippen MR) is 113 cm³/mol. The first-order chi connectivity index (χ1) is 14.1. The maximum absolute atomic E-state index is 12.7. The summed E-state index contributed by atoms with van der Waals surface area (Å²) < 4.78 is 4.81. The molecular weight excluding hydrogens is 364 g/mol. The number of hydrogen-bond donors (Lipinski definition) is 2. The number of carbonyl (C=O) groups excluding carboxylic acids is 2. The maximum atomic E-state index is 12.7. The van der Waals surface area contributed by atoms with Gasteiger partial charge in [0, 0.05) is 16.7 Å². The predicted octanol–water partition coefficient (Wildman–Crippen LogP) is 3.07. The minimum atomic E-state index is -0.298. The molecule has 1 atom stereocenters. The second-order valence-corrected chi connectivity index (χ2v) is 6.82. The minimum absolute atomic E-state index is 0.165. The summed E-state index contributed by atoms with van der Waals surface area (Å²) in [6.45, 7) is 2.19. The molecule has 148 valence electrons. The smallest absolute Gasteiger partial charge is 0.361 e. The van der Waals surface area contributed by atoms with E-state index in [1.807, 2.05) is 79.0 Å². The number of aryl methyl sites for hydroxylation is 1. The van der Waals surface area contributed by atoms with Gasteiger partial charge in [0.2, 0.25) is 0 Å². The first-order valence-corrected chi connectivity index (χ1v) is 9.50. The van der Waals surface area contributed by atoms with E-state index in [1.165, 1.54) is 7.11 Å². The average Bonchev–Trinajstić information content (AvgIpc) is 2.76. The summed E-state index contributed by atoms with van der Waals surface area (Å²) in [5.41, 5.74) is 4.36. The Hall–Kier alpha value is -3.44. The highest BCUT2D eigenvalue weighted by Crippen LogP contribution is 2.27. The van der Waals surface area contributed by atoms with E-state index in [0.29, 0.717) is 5.56 Å². The molecule has 0 aliphatic rings. The number of carbonyl (C=O) groups is 2. The number of quaternary nitrogens is 1. The highest BCUT2D eigenvalue weighted by Gasteiger charge is 2.23. The van der Waals surface area contributed by atoms with Gasteiger partial charge in [-0.2, -0.15) is 0 Å². The van der Waals surface area contributed by atoms with E-state index < -0.39 is 0 Å². The first kappa shape index (κ1) is 20.3. The van der Waals surface area contributed by atoms with Crippen molar-refractivity contribution < 1.29 is 19.6 Å². The van der Waals surface area contributed by atoms with Gasteiger partial charge < -0.3 is 15.4 Å². The van der Waals surface area contributed by atoms with Gasteiger partial charge in [0.25, 0.3) is 5.91 Å². The van der Waals surface area contributed by atoms with E-state index in [9.17, 15) is 9.59 Å². The SMILES string of the molecule is COC(=O)C[NH2+]C(c1ccccc1)c1cc(C)ccc1NC(=O)c1ccccc1. The lowest BCUT2D eigenvalue weighted by Crippen LogP contribution is -2.87. The zero-order valence-electron chi connectivity index (χ0n) is 16.6. The van der Waals surface area contributed by atoms with Crippen LogP contribution in [0.5, 0.6) is 0 Å². The van der Waals surface area contributed by atoms with Gasteiger partial charge in [-0.25, -0.2) is 4.79 Å². The van der Waals surface area contributed by atoms with Crippen LogP contribution in [0.15, 0.2) is 78.9 Å². The average molecular weight is 389 g/mol. The van der Waals surface area contributed by atoms with E-state index in [-0.39, 0.29) is 24.5 Å². The summed E-state index contributed by atoms with van der Waals surface area (Å²) in [5, 5.41) is 4.96. The van der Waals surface area contributed by atoms with Gasteiger partial charge >= 0.3 is 5.97 Å². The third-order valence-corrected chi connectivity index (χ3v) is 4.73. The molecule has 1 amide bonds. The van der Waals surface area contributed by atoms with Crippen LogP contribution < -0.4 is 10.6 Å². The third-order valence-electron chi connectivity index (χ3n) is 4.73. The van der Waals surface area contributed by atoms with Crippen molar-refractivity contribution in [2.45, 2.75) is 13.0 Å². The van der Waals surface area contributed by atoms with Crippen LogP contribution in [0, 0.1) is 6.92 Å². The Morgan fingerprint density at radius 1 is 0.966 bits per heavy atom. The molecule has 1 unspecified atom stereocenters. The van der Waals surface area contributed by atoms with Crippen LogP contribution in [-0.4, -0.2) is 25.5 Å². The molecule has 3 rings (SSSR count). The molecule has 5 nitrogen and oxygen atoms in total. The number of hydrogen-bond acceptors (Lipinski definition) is 3. The molecule has 5 heteroatoms. The number of esters is 1. The van der Waals surface area contributed by atoms with Crippen molar-refractivity contribution in [3.05, 3.63) is 101 Å². The van der Waals surface area contributed by atoms with Crippen molar-refractivity contribution in [1.82, 2.24) is 0 Å². The van der Waals surface area contributed by atoms with Gasteiger partial charge in [-0.1, -0.05) is 60.2 Å². The quantitative estimate of drug-likeness (QED) is 0.610. The van der Waals surface area contributed by atoms with Crippen LogP contribution in [0.2, 0.25) is 0 Å². The second-order valence-electron chi connectivity index (χ2n) is 6.82. The zero-order chi connectivity index (χ0) is 20.6. The van der Waals surface area contributed by atoms with Crippen molar-refractivity contribution in [2.24, 2.45) is 0 Å². The molecule has 0 bridgehead atoms. The Kier molecular flexibility index (Phi) is 6.76. The number of nitrogens with one attached hydrogen (secondary N) is 1. The second kappa shape index (κ2) is 9.66. The molecular formula is C24H25N2O3+. The van der Waals surface area contributed by atoms with E-state index in [1.54, 1.807) is 12.1 Å². The third kappa shape index (κ3) is 5.30. The molecule has 0 heterocycles. The number of benzene rings is 3. The Morgan fingerprint density at radius 3 is 2.28 bits per heavy atom. The Morgan fingerprint density at radius 2 is 1.62 bits per heavy atom. The normalized spacial score (nSPS) is 11.5. The van der Waals surface area contributed by atoms with Gasteiger partial charge in [0.05, 0.1) is 12.8 Å². The summed E-state index contributed by atoms with van der Waals surface area (Å²) in [5.74, 6) is -0.469. The summed E-state index contributed by atoms with van der Waals surface area (Å²) in [6.07, 6.45) is 0. The van der Waals surface area contributed by atoms with E-state index in [0.717, 1.165) is 22.4 Å². The van der Waals surface area contributed by atoms with Gasteiger partial charge in [0.1, 0.15) is 6.04 Å². The first-order valence-electron chi connectivity index (χ1n) is 9.50. The van der Waals surface area contributed by atoms with Crippen molar-refractivity contribution in [3.63, 3.8) is 0 Å². The zero-order valence-corrected chi connectivity index (χ0v) is 16.6. The summed E-state index contributed by atoms with van der Waals surface area (Å²) in [4.78, 5) is 24.5. The van der Waals surface area contributed by atoms with Crippen LogP contribution in [0.25, 0.3) is 0 Å².